The van der Waals surface area contributed by atoms with E-state index in [1.807, 2.05) is 4.90 Å². The van der Waals surface area contributed by atoms with E-state index in [1.165, 1.54) is 12.1 Å². The number of nitrogens with zero attached hydrogens (tertiary/aromatic N) is 2. The van der Waals surface area contributed by atoms with E-state index in [1.54, 1.807) is 36.4 Å². The summed E-state index contributed by atoms with van der Waals surface area (Å²) in [5.41, 5.74) is 2.04. The Hall–Kier alpha value is -2.89. The molecule has 6 heteroatoms. The minimum absolute atomic E-state index is 0.0562. The molecule has 0 atom stereocenters. The summed E-state index contributed by atoms with van der Waals surface area (Å²) in [6, 6.07) is 13.7. The van der Waals surface area contributed by atoms with Gasteiger partial charge < -0.3 is 15.1 Å². The van der Waals surface area contributed by atoms with Crippen LogP contribution in [0.2, 0.25) is 0 Å². The Morgan fingerprint density at radius 1 is 0.897 bits per heavy atom. The molecule has 1 heterocycles. The van der Waals surface area contributed by atoms with Crippen molar-refractivity contribution in [2.75, 3.05) is 31.1 Å². The van der Waals surface area contributed by atoms with Gasteiger partial charge in [-0.15, -0.1) is 0 Å². The second kappa shape index (κ2) is 8.64. The van der Waals surface area contributed by atoms with E-state index in [2.05, 4.69) is 10.2 Å². The molecule has 1 saturated carbocycles. The first-order chi connectivity index (χ1) is 14.1. The van der Waals surface area contributed by atoms with Gasteiger partial charge in [0.25, 0.3) is 11.8 Å². The lowest BCUT2D eigenvalue weighted by Gasteiger charge is -2.36. The van der Waals surface area contributed by atoms with Crippen LogP contribution in [0.5, 0.6) is 0 Å². The molecule has 4 rings (SSSR count). The molecule has 0 bridgehead atoms. The molecule has 1 aliphatic carbocycles. The van der Waals surface area contributed by atoms with Gasteiger partial charge in [0.05, 0.1) is 0 Å². The number of amides is 2. The van der Waals surface area contributed by atoms with E-state index >= 15 is 0 Å². The average molecular weight is 395 g/mol. The van der Waals surface area contributed by atoms with Gasteiger partial charge in [0.1, 0.15) is 5.82 Å². The number of hydrogen-bond acceptors (Lipinski definition) is 3. The number of carbonyl (C=O) groups is 2. The van der Waals surface area contributed by atoms with Crippen LogP contribution in [0, 0.1) is 5.82 Å². The second-order valence-electron chi connectivity index (χ2n) is 7.79. The number of rotatable bonds is 4. The maximum Gasteiger partial charge on any atom is 0.253 e. The number of hydrogen-bond donors (Lipinski definition) is 1. The van der Waals surface area contributed by atoms with Crippen molar-refractivity contribution in [2.24, 2.45) is 0 Å². The van der Waals surface area contributed by atoms with E-state index in [0.29, 0.717) is 37.3 Å². The van der Waals surface area contributed by atoms with Crippen molar-refractivity contribution in [1.82, 2.24) is 10.2 Å². The molecular weight excluding hydrogens is 369 g/mol. The maximum atomic E-state index is 13.1. The second-order valence-corrected chi connectivity index (χ2v) is 7.79. The van der Waals surface area contributed by atoms with Crippen LogP contribution in [0.25, 0.3) is 0 Å². The predicted octanol–water partition coefficient (Wildman–Crippen LogP) is 3.46. The Morgan fingerprint density at radius 3 is 2.24 bits per heavy atom. The van der Waals surface area contributed by atoms with Gasteiger partial charge in [-0.2, -0.15) is 0 Å². The average Bonchev–Trinajstić information content (AvgIpc) is 3.27. The quantitative estimate of drug-likeness (QED) is 0.863. The number of carbonyl (C=O) groups excluding carboxylic acids is 2. The third kappa shape index (κ3) is 4.58. The maximum absolute atomic E-state index is 13.1. The van der Waals surface area contributed by atoms with Crippen molar-refractivity contribution >= 4 is 17.5 Å². The number of halogens is 1. The van der Waals surface area contributed by atoms with E-state index in [4.69, 9.17) is 0 Å². The van der Waals surface area contributed by atoms with Gasteiger partial charge in [-0.3, -0.25) is 9.59 Å². The van der Waals surface area contributed by atoms with E-state index in [0.717, 1.165) is 31.4 Å². The molecule has 29 heavy (non-hydrogen) atoms. The summed E-state index contributed by atoms with van der Waals surface area (Å²) in [6.07, 6.45) is 4.38. The molecule has 1 saturated heterocycles. The van der Waals surface area contributed by atoms with Gasteiger partial charge in [0.15, 0.2) is 0 Å². The standard InChI is InChI=1S/C23H26FN3O2/c24-19-8-10-21(11-9-19)26-12-14-27(15-13-26)23(29)18-5-3-4-17(16-18)22(28)25-20-6-1-2-7-20/h3-5,8-11,16,20H,1-2,6-7,12-15H2,(H,25,28). The van der Waals surface area contributed by atoms with Crippen LogP contribution in [0.4, 0.5) is 10.1 Å². The highest BCUT2D eigenvalue weighted by Crippen LogP contribution is 2.20. The SMILES string of the molecule is O=C(NC1CCCC1)c1cccc(C(=O)N2CCN(c3ccc(F)cc3)CC2)c1. The highest BCUT2D eigenvalue weighted by atomic mass is 19.1. The van der Waals surface area contributed by atoms with Crippen LogP contribution in [-0.4, -0.2) is 48.9 Å². The largest absolute Gasteiger partial charge is 0.368 e. The lowest BCUT2D eigenvalue weighted by atomic mass is 10.1. The number of anilines is 1. The summed E-state index contributed by atoms with van der Waals surface area (Å²) < 4.78 is 13.1. The van der Waals surface area contributed by atoms with Crippen molar-refractivity contribution in [1.29, 1.82) is 0 Å². The molecule has 0 spiro atoms. The fourth-order valence-electron chi connectivity index (χ4n) is 4.13. The molecule has 1 N–H and O–H groups in total. The third-order valence-corrected chi connectivity index (χ3v) is 5.82. The fourth-order valence-corrected chi connectivity index (χ4v) is 4.13. The monoisotopic (exact) mass is 395 g/mol. The molecular formula is C23H26FN3O2. The van der Waals surface area contributed by atoms with Crippen LogP contribution in [-0.2, 0) is 0 Å². The van der Waals surface area contributed by atoms with Crippen LogP contribution in [0.15, 0.2) is 48.5 Å². The van der Waals surface area contributed by atoms with E-state index < -0.39 is 0 Å². The van der Waals surface area contributed by atoms with Crippen LogP contribution in [0.1, 0.15) is 46.4 Å². The smallest absolute Gasteiger partial charge is 0.253 e. The zero-order chi connectivity index (χ0) is 20.2. The van der Waals surface area contributed by atoms with Crippen molar-refractivity contribution in [3.8, 4) is 0 Å². The van der Waals surface area contributed by atoms with Gasteiger partial charge in [-0.1, -0.05) is 18.9 Å². The highest BCUT2D eigenvalue weighted by molar-refractivity contribution is 5.99. The van der Waals surface area contributed by atoms with Gasteiger partial charge >= 0.3 is 0 Å². The van der Waals surface area contributed by atoms with Gasteiger partial charge in [-0.05, 0) is 55.3 Å². The molecule has 0 unspecified atom stereocenters. The summed E-state index contributed by atoms with van der Waals surface area (Å²) in [4.78, 5) is 29.4. The normalized spacial score (nSPS) is 17.4. The first kappa shape index (κ1) is 19.4. The molecule has 2 aromatic rings. The topological polar surface area (TPSA) is 52.7 Å². The van der Waals surface area contributed by atoms with Gasteiger partial charge in [-0.25, -0.2) is 4.39 Å². The summed E-state index contributed by atoms with van der Waals surface area (Å²) in [6.45, 7) is 2.57. The van der Waals surface area contributed by atoms with Gasteiger partial charge in [0.2, 0.25) is 0 Å². The zero-order valence-corrected chi connectivity index (χ0v) is 16.4. The Morgan fingerprint density at radius 2 is 1.55 bits per heavy atom. The number of nitrogens with one attached hydrogen (secondary N) is 1. The first-order valence-electron chi connectivity index (χ1n) is 10.3. The lowest BCUT2D eigenvalue weighted by Crippen LogP contribution is -2.48. The Labute approximate surface area is 170 Å². The highest BCUT2D eigenvalue weighted by Gasteiger charge is 2.23. The number of benzene rings is 2. The molecule has 1 aliphatic heterocycles. The van der Waals surface area contributed by atoms with Crippen molar-refractivity contribution in [2.45, 2.75) is 31.7 Å². The molecule has 2 aliphatic rings. The van der Waals surface area contributed by atoms with Crippen molar-refractivity contribution in [3.63, 3.8) is 0 Å². The summed E-state index contributed by atoms with van der Waals surface area (Å²) in [5, 5.41) is 3.07. The Balaban J connectivity index is 1.37. The molecule has 0 aromatic heterocycles. The lowest BCUT2D eigenvalue weighted by molar-refractivity contribution is 0.0747. The molecule has 2 fully saturated rings. The summed E-state index contributed by atoms with van der Waals surface area (Å²) in [7, 11) is 0. The summed E-state index contributed by atoms with van der Waals surface area (Å²) >= 11 is 0. The first-order valence-corrected chi connectivity index (χ1v) is 10.3. The van der Waals surface area contributed by atoms with E-state index in [-0.39, 0.29) is 23.7 Å². The zero-order valence-electron chi connectivity index (χ0n) is 16.4. The molecule has 0 radical (unpaired) electrons. The predicted molar refractivity (Wildman–Crippen MR) is 111 cm³/mol. The fraction of sp³-hybridized carbons (Fsp3) is 0.391. The van der Waals surface area contributed by atoms with E-state index in [9.17, 15) is 14.0 Å². The van der Waals surface area contributed by atoms with Gasteiger partial charge in [0, 0.05) is 49.0 Å². The molecule has 2 aromatic carbocycles. The Bertz CT molecular complexity index is 870. The van der Waals surface area contributed by atoms with Crippen LogP contribution >= 0.6 is 0 Å². The minimum Gasteiger partial charge on any atom is -0.368 e. The van der Waals surface area contributed by atoms with Crippen molar-refractivity contribution in [3.05, 3.63) is 65.5 Å². The molecule has 152 valence electrons. The minimum atomic E-state index is -0.251. The molecule has 2 amide bonds. The number of piperazine rings is 1. The third-order valence-electron chi connectivity index (χ3n) is 5.82. The summed E-state index contributed by atoms with van der Waals surface area (Å²) in [5.74, 6) is -0.411. The Kier molecular flexibility index (Phi) is 5.79. The van der Waals surface area contributed by atoms with Crippen molar-refractivity contribution < 1.29 is 14.0 Å². The van der Waals surface area contributed by atoms with Crippen LogP contribution < -0.4 is 10.2 Å². The van der Waals surface area contributed by atoms with Crippen LogP contribution in [0.3, 0.4) is 0 Å². The molecule has 5 nitrogen and oxygen atoms in total.